The van der Waals surface area contributed by atoms with Crippen LogP contribution in [0.3, 0.4) is 0 Å². The van der Waals surface area contributed by atoms with Gasteiger partial charge in [0.15, 0.2) is 11.5 Å². The molecule has 13 heteroatoms. The van der Waals surface area contributed by atoms with Crippen molar-refractivity contribution in [3.8, 4) is 11.5 Å². The molecule has 2 bridgehead atoms. The van der Waals surface area contributed by atoms with Gasteiger partial charge in [-0.15, -0.1) is 0 Å². The number of carbonyl (C=O) groups excluding carboxylic acids is 3. The van der Waals surface area contributed by atoms with Gasteiger partial charge in [-0.1, -0.05) is 18.2 Å². The molecule has 0 spiro atoms. The van der Waals surface area contributed by atoms with Crippen LogP contribution in [0, 0.1) is 11.1 Å². The summed E-state index contributed by atoms with van der Waals surface area (Å²) in [6, 6.07) is 13.2. The number of ether oxygens (including phenoxy) is 2. The molecule has 2 aromatic carbocycles. The minimum Gasteiger partial charge on any atom is -0.595 e. The van der Waals surface area contributed by atoms with E-state index in [1.54, 1.807) is 47.4 Å². The van der Waals surface area contributed by atoms with Gasteiger partial charge in [0.05, 0.1) is 31.0 Å². The number of para-hydroxylation sites is 1. The van der Waals surface area contributed by atoms with Crippen LogP contribution in [0.1, 0.15) is 50.5 Å². The molecule has 3 amide bonds. The quantitative estimate of drug-likeness (QED) is 0.421. The Morgan fingerprint density at radius 2 is 1.79 bits per heavy atom. The molecule has 222 valence electrons. The average molecular weight is 588 g/mol. The number of amides is 3. The predicted octanol–water partition coefficient (Wildman–Crippen LogP) is 1.03. The topological polar surface area (TPSA) is 149 Å². The zero-order chi connectivity index (χ0) is 30.2. The van der Waals surface area contributed by atoms with Gasteiger partial charge in [-0.25, -0.2) is 5.21 Å². The van der Waals surface area contributed by atoms with E-state index in [9.17, 15) is 29.6 Å². The third-order valence-electron chi connectivity index (χ3n) is 8.98. The second kappa shape index (κ2) is 9.93. The fraction of sp³-hybridized carbons (Fsp3) is 0.333. The number of methoxy groups -OCH3 is 2. The molecule has 4 atom stereocenters. The molecule has 7 rings (SSSR count). The molecule has 3 aromatic rings. The fourth-order valence-electron chi connectivity index (χ4n) is 7.14. The summed E-state index contributed by atoms with van der Waals surface area (Å²) in [4.78, 5) is 59.3. The van der Waals surface area contributed by atoms with Crippen molar-refractivity contribution in [1.29, 1.82) is 0 Å². The lowest BCUT2D eigenvalue weighted by atomic mass is 9.83. The van der Waals surface area contributed by atoms with E-state index in [0.717, 1.165) is 6.42 Å². The number of fused-ring (bicyclic) bond motifs is 9. The summed E-state index contributed by atoms with van der Waals surface area (Å²) in [5.41, 5.74) is 1.49. The predicted molar refractivity (Wildman–Crippen MR) is 150 cm³/mol. The van der Waals surface area contributed by atoms with Gasteiger partial charge in [-0.2, -0.15) is 5.23 Å². The van der Waals surface area contributed by atoms with Crippen LogP contribution < -0.4 is 25.2 Å². The number of anilines is 1. The number of pyridine rings is 1. The largest absolute Gasteiger partial charge is 0.595 e. The van der Waals surface area contributed by atoms with Crippen LogP contribution in [-0.2, 0) is 11.3 Å². The first-order valence-corrected chi connectivity index (χ1v) is 14.0. The monoisotopic (exact) mass is 587 g/mol. The maximum atomic E-state index is 13.9. The summed E-state index contributed by atoms with van der Waals surface area (Å²) in [5.74, 6) is -0.546. The maximum absolute atomic E-state index is 13.9. The zero-order valence-corrected chi connectivity index (χ0v) is 23.5. The fourth-order valence-corrected chi connectivity index (χ4v) is 7.14. The van der Waals surface area contributed by atoms with Gasteiger partial charge in [0.1, 0.15) is 12.7 Å². The van der Waals surface area contributed by atoms with Crippen LogP contribution >= 0.6 is 0 Å². The normalized spacial score (nSPS) is 22.4. The molecule has 4 aliphatic rings. The van der Waals surface area contributed by atoms with Crippen LogP contribution in [0.25, 0.3) is 0 Å². The lowest BCUT2D eigenvalue weighted by molar-refractivity contribution is -0.992. The van der Waals surface area contributed by atoms with Gasteiger partial charge >= 0.3 is 5.56 Å². The van der Waals surface area contributed by atoms with Crippen molar-refractivity contribution < 1.29 is 34.3 Å². The molecule has 43 heavy (non-hydrogen) atoms. The Hall–Kier alpha value is -4.72. The molecule has 1 fully saturated rings. The number of hydrogen-bond acceptors (Lipinski definition) is 8. The van der Waals surface area contributed by atoms with E-state index >= 15 is 0 Å². The van der Waals surface area contributed by atoms with Crippen LogP contribution in [-0.4, -0.2) is 71.1 Å². The molecular formula is C30H29N5O8. The highest BCUT2D eigenvalue weighted by molar-refractivity contribution is 6.18. The minimum absolute atomic E-state index is 0.0447. The smallest absolute Gasteiger partial charge is 0.315 e. The van der Waals surface area contributed by atoms with Crippen molar-refractivity contribution in [3.05, 3.63) is 86.5 Å². The molecule has 5 heterocycles. The second-order valence-corrected chi connectivity index (χ2v) is 11.3. The van der Waals surface area contributed by atoms with Gasteiger partial charge in [0, 0.05) is 42.9 Å². The highest BCUT2D eigenvalue weighted by atomic mass is 16.8. The molecule has 0 radical (unpaired) electrons. The number of rotatable bonds is 5. The highest BCUT2D eigenvalue weighted by Gasteiger charge is 2.50. The van der Waals surface area contributed by atoms with E-state index in [2.05, 4.69) is 0 Å². The number of nitrogens with zero attached hydrogens (tertiary/aromatic N) is 4. The number of quaternary nitrogens is 1. The molecule has 13 nitrogen and oxygen atoms in total. The van der Waals surface area contributed by atoms with E-state index in [0.29, 0.717) is 47.9 Å². The van der Waals surface area contributed by atoms with Crippen LogP contribution in [0.5, 0.6) is 11.5 Å². The summed E-state index contributed by atoms with van der Waals surface area (Å²) >= 11 is 0. The first-order chi connectivity index (χ1) is 20.7. The van der Waals surface area contributed by atoms with E-state index in [4.69, 9.17) is 9.47 Å². The molecular weight excluding hydrogens is 558 g/mol. The van der Waals surface area contributed by atoms with Crippen molar-refractivity contribution in [2.24, 2.45) is 5.92 Å². The Kier molecular flexibility index (Phi) is 6.27. The number of carbonyl (C=O) groups is 3. The number of benzene rings is 2. The molecule has 4 aliphatic heterocycles. The SMILES string of the molecule is COc1ccc2c(c1OC)C(=O)N1c3ccccc3C(=O)N(CC(=O)N3CC4CC(C3)c3ccc([NH+]([O-])O)c(=O)n3C4)C21. The first-order valence-electron chi connectivity index (χ1n) is 14.0. The van der Waals surface area contributed by atoms with Gasteiger partial charge in [-0.3, -0.25) is 24.1 Å². The summed E-state index contributed by atoms with van der Waals surface area (Å²) in [5, 5.41) is 19.6. The first kappa shape index (κ1) is 27.1. The van der Waals surface area contributed by atoms with Crippen LogP contribution in [0.15, 0.2) is 53.3 Å². The molecule has 2 N–H and O–H groups in total. The van der Waals surface area contributed by atoms with E-state index in [1.807, 2.05) is 0 Å². The van der Waals surface area contributed by atoms with Gasteiger partial charge < -0.3 is 29.0 Å². The Balaban J connectivity index is 1.22. The molecule has 0 saturated carbocycles. The third kappa shape index (κ3) is 3.96. The van der Waals surface area contributed by atoms with Crippen molar-refractivity contribution in [2.75, 3.05) is 38.8 Å². The van der Waals surface area contributed by atoms with E-state index < -0.39 is 17.0 Å². The lowest BCUT2D eigenvalue weighted by Gasteiger charge is -2.44. The summed E-state index contributed by atoms with van der Waals surface area (Å²) in [6.07, 6.45) is -0.0855. The van der Waals surface area contributed by atoms with Crippen molar-refractivity contribution in [2.45, 2.75) is 25.0 Å². The number of likely N-dealkylation sites (tertiary alicyclic amines) is 1. The molecule has 1 aromatic heterocycles. The van der Waals surface area contributed by atoms with Crippen molar-refractivity contribution in [1.82, 2.24) is 14.4 Å². The van der Waals surface area contributed by atoms with Crippen molar-refractivity contribution >= 4 is 29.1 Å². The lowest BCUT2D eigenvalue weighted by Crippen LogP contribution is -3.00. The molecule has 4 unspecified atom stereocenters. The summed E-state index contributed by atoms with van der Waals surface area (Å²) < 4.78 is 12.5. The number of aromatic nitrogens is 1. The van der Waals surface area contributed by atoms with E-state index in [1.165, 1.54) is 34.7 Å². The maximum Gasteiger partial charge on any atom is 0.315 e. The number of hydrogen-bond donors (Lipinski definition) is 2. The van der Waals surface area contributed by atoms with Crippen molar-refractivity contribution in [3.63, 3.8) is 0 Å². The summed E-state index contributed by atoms with van der Waals surface area (Å²) in [6.45, 7) is 0.742. The van der Waals surface area contributed by atoms with Gasteiger partial charge in [-0.05, 0) is 36.6 Å². The Labute approximate surface area is 245 Å². The zero-order valence-electron chi connectivity index (χ0n) is 23.5. The summed E-state index contributed by atoms with van der Waals surface area (Å²) in [7, 11) is 2.93. The Morgan fingerprint density at radius 3 is 2.53 bits per heavy atom. The van der Waals surface area contributed by atoms with E-state index in [-0.39, 0.29) is 53.1 Å². The van der Waals surface area contributed by atoms with Crippen LogP contribution in [0.4, 0.5) is 11.4 Å². The molecule has 1 saturated heterocycles. The number of nitrogens with one attached hydrogen (secondary N) is 1. The second-order valence-electron chi connectivity index (χ2n) is 11.3. The van der Waals surface area contributed by atoms with Gasteiger partial charge in [0.2, 0.25) is 11.6 Å². The van der Waals surface area contributed by atoms with Gasteiger partial charge in [0.25, 0.3) is 11.8 Å². The van der Waals surface area contributed by atoms with Crippen LogP contribution in [0.2, 0.25) is 0 Å². The Bertz CT molecular complexity index is 1750. The molecule has 0 aliphatic carbocycles. The number of piperidine rings is 1. The highest BCUT2D eigenvalue weighted by Crippen LogP contribution is 2.49. The minimum atomic E-state index is -1.27. The Morgan fingerprint density at radius 1 is 1.00 bits per heavy atom. The average Bonchev–Trinajstić information content (AvgIpc) is 3.31. The third-order valence-corrected chi connectivity index (χ3v) is 8.98. The standard InChI is InChI=1S/C30H29N5O8/c1-42-23-10-7-19-25(26(23)43-2)30(39)34-21-6-4-3-5-18(21)28(37)33(27(19)34)15-24(36)31-12-16-11-17(14-31)20-8-9-22(35(40)41)29(38)32(20)13-16/h3-10,16-17,27,35,40H,11-15H2,1-2H3.